The van der Waals surface area contributed by atoms with Gasteiger partial charge in [0.05, 0.1) is 0 Å². The van der Waals surface area contributed by atoms with Gasteiger partial charge in [-0.2, -0.15) is 9.97 Å². The van der Waals surface area contributed by atoms with Crippen LogP contribution in [-0.2, 0) is 6.54 Å². The lowest BCUT2D eigenvalue weighted by atomic mass is 9.98. The number of unbranched alkanes of at least 4 members (excludes halogenated alkanes) is 1. The lowest BCUT2D eigenvalue weighted by Crippen LogP contribution is -2.32. The molecule has 0 atom stereocenters. The van der Waals surface area contributed by atoms with Gasteiger partial charge >= 0.3 is 5.69 Å². The minimum absolute atomic E-state index is 0.162. The number of rotatable bonds is 6. The van der Waals surface area contributed by atoms with Crippen molar-refractivity contribution >= 4 is 22.9 Å². The molecular weight excluding hydrogens is 294 g/mol. The van der Waals surface area contributed by atoms with E-state index < -0.39 is 0 Å². The highest BCUT2D eigenvalue weighted by Gasteiger charge is 2.19. The van der Waals surface area contributed by atoms with E-state index in [9.17, 15) is 4.79 Å². The van der Waals surface area contributed by atoms with E-state index in [4.69, 9.17) is 5.73 Å². The SMILES string of the molecule is CCCCNc1nc(N)c2[nH]c(=O)n(CC3CCNCC3)c2n1. The molecule has 23 heavy (non-hydrogen) atoms. The summed E-state index contributed by atoms with van der Waals surface area (Å²) in [4.78, 5) is 23.8. The van der Waals surface area contributed by atoms with Gasteiger partial charge in [0.25, 0.3) is 0 Å². The molecule has 0 aromatic carbocycles. The van der Waals surface area contributed by atoms with E-state index in [1.807, 2.05) is 0 Å². The number of fused-ring (bicyclic) bond motifs is 1. The van der Waals surface area contributed by atoms with Gasteiger partial charge in [0, 0.05) is 13.1 Å². The van der Waals surface area contributed by atoms with E-state index in [0.717, 1.165) is 45.3 Å². The van der Waals surface area contributed by atoms with Gasteiger partial charge in [0.15, 0.2) is 11.5 Å². The van der Waals surface area contributed by atoms with Crippen molar-refractivity contribution in [1.82, 2.24) is 24.8 Å². The molecule has 0 spiro atoms. The fourth-order valence-electron chi connectivity index (χ4n) is 3.00. The van der Waals surface area contributed by atoms with Crippen molar-refractivity contribution in [3.63, 3.8) is 0 Å². The predicted molar refractivity (Wildman–Crippen MR) is 91.6 cm³/mol. The van der Waals surface area contributed by atoms with E-state index >= 15 is 0 Å². The Morgan fingerprint density at radius 2 is 2.13 bits per heavy atom. The van der Waals surface area contributed by atoms with Gasteiger partial charge in [0.1, 0.15) is 5.52 Å². The van der Waals surface area contributed by atoms with E-state index in [-0.39, 0.29) is 5.69 Å². The normalized spacial score (nSPS) is 16.0. The van der Waals surface area contributed by atoms with Crippen LogP contribution < -0.4 is 22.1 Å². The van der Waals surface area contributed by atoms with Crippen LogP contribution in [0, 0.1) is 5.92 Å². The van der Waals surface area contributed by atoms with E-state index in [2.05, 4.69) is 32.5 Å². The molecule has 3 rings (SSSR count). The summed E-state index contributed by atoms with van der Waals surface area (Å²) in [6.45, 7) is 5.60. The Hall–Kier alpha value is -2.09. The molecule has 0 aliphatic carbocycles. The van der Waals surface area contributed by atoms with Crippen molar-refractivity contribution in [1.29, 1.82) is 0 Å². The first-order chi connectivity index (χ1) is 11.2. The molecule has 0 saturated carbocycles. The predicted octanol–water partition coefficient (Wildman–Crippen LogP) is 0.913. The summed E-state index contributed by atoms with van der Waals surface area (Å²) < 4.78 is 1.70. The number of nitrogens with two attached hydrogens (primary N) is 1. The third kappa shape index (κ3) is 3.47. The fourth-order valence-corrected chi connectivity index (χ4v) is 3.00. The second-order valence-electron chi connectivity index (χ2n) is 6.15. The Morgan fingerprint density at radius 1 is 1.35 bits per heavy atom. The monoisotopic (exact) mass is 319 g/mol. The summed E-state index contributed by atoms with van der Waals surface area (Å²) in [6.07, 6.45) is 4.27. The molecule has 126 valence electrons. The molecule has 1 saturated heterocycles. The van der Waals surface area contributed by atoms with Crippen LogP contribution in [0.4, 0.5) is 11.8 Å². The number of hydrogen-bond acceptors (Lipinski definition) is 6. The minimum atomic E-state index is -0.162. The summed E-state index contributed by atoms with van der Waals surface area (Å²) >= 11 is 0. The van der Waals surface area contributed by atoms with E-state index in [0.29, 0.717) is 35.4 Å². The summed E-state index contributed by atoms with van der Waals surface area (Å²) in [5.41, 5.74) is 6.96. The number of aromatic nitrogens is 4. The highest BCUT2D eigenvalue weighted by molar-refractivity contribution is 5.82. The molecule has 5 N–H and O–H groups in total. The first kappa shape index (κ1) is 15.8. The minimum Gasteiger partial charge on any atom is -0.382 e. The summed E-state index contributed by atoms with van der Waals surface area (Å²) in [5, 5.41) is 6.52. The van der Waals surface area contributed by atoms with Crippen LogP contribution in [0.15, 0.2) is 4.79 Å². The zero-order valence-electron chi connectivity index (χ0n) is 13.6. The van der Waals surface area contributed by atoms with Crippen molar-refractivity contribution in [3.05, 3.63) is 10.5 Å². The third-order valence-electron chi connectivity index (χ3n) is 4.36. The van der Waals surface area contributed by atoms with E-state index in [1.165, 1.54) is 0 Å². The Balaban J connectivity index is 1.89. The number of piperidine rings is 1. The molecule has 3 heterocycles. The summed E-state index contributed by atoms with van der Waals surface area (Å²) in [6, 6.07) is 0. The number of aromatic amines is 1. The Bertz CT molecular complexity index is 714. The lowest BCUT2D eigenvalue weighted by molar-refractivity contribution is 0.333. The molecule has 2 aromatic rings. The first-order valence-electron chi connectivity index (χ1n) is 8.39. The molecule has 1 fully saturated rings. The summed E-state index contributed by atoms with van der Waals surface area (Å²) in [5.74, 6) is 1.29. The average molecular weight is 319 g/mol. The Labute approximate surface area is 134 Å². The van der Waals surface area contributed by atoms with Gasteiger partial charge in [0.2, 0.25) is 5.95 Å². The van der Waals surface area contributed by atoms with Crippen molar-refractivity contribution in [2.75, 3.05) is 30.7 Å². The number of nitrogens with zero attached hydrogens (tertiary/aromatic N) is 3. The number of H-pyrrole nitrogens is 1. The molecule has 1 aliphatic rings. The van der Waals surface area contributed by atoms with Crippen molar-refractivity contribution in [2.24, 2.45) is 5.92 Å². The first-order valence-corrected chi connectivity index (χ1v) is 8.39. The largest absolute Gasteiger partial charge is 0.382 e. The van der Waals surface area contributed by atoms with Crippen LogP contribution in [0.5, 0.6) is 0 Å². The van der Waals surface area contributed by atoms with Crippen molar-refractivity contribution < 1.29 is 0 Å². The van der Waals surface area contributed by atoms with Crippen LogP contribution in [0.1, 0.15) is 32.6 Å². The fraction of sp³-hybridized carbons (Fsp3) is 0.667. The molecule has 0 unspecified atom stereocenters. The molecule has 0 bridgehead atoms. The zero-order chi connectivity index (χ0) is 16.2. The van der Waals surface area contributed by atoms with Crippen LogP contribution in [0.25, 0.3) is 11.2 Å². The van der Waals surface area contributed by atoms with Crippen LogP contribution in [0.3, 0.4) is 0 Å². The van der Waals surface area contributed by atoms with Gasteiger partial charge in [-0.1, -0.05) is 13.3 Å². The zero-order valence-corrected chi connectivity index (χ0v) is 13.6. The lowest BCUT2D eigenvalue weighted by Gasteiger charge is -2.22. The second-order valence-corrected chi connectivity index (χ2v) is 6.15. The molecular formula is C15H25N7O. The standard InChI is InChI=1S/C15H25N7O/c1-2-3-6-18-14-20-12(16)11-13(21-14)22(15(23)19-11)9-10-4-7-17-8-5-10/h10,17H,2-9H2,1H3,(H,19,23)(H3,16,18,20,21). The molecule has 8 nitrogen and oxygen atoms in total. The molecule has 8 heteroatoms. The number of anilines is 2. The highest BCUT2D eigenvalue weighted by Crippen LogP contribution is 2.19. The van der Waals surface area contributed by atoms with Crippen LogP contribution >= 0.6 is 0 Å². The van der Waals surface area contributed by atoms with Gasteiger partial charge in [-0.25, -0.2) is 4.79 Å². The van der Waals surface area contributed by atoms with Gasteiger partial charge in [-0.15, -0.1) is 0 Å². The number of imidazole rings is 1. The average Bonchev–Trinajstić information content (AvgIpc) is 2.86. The maximum absolute atomic E-state index is 12.3. The van der Waals surface area contributed by atoms with Crippen LogP contribution in [-0.4, -0.2) is 39.2 Å². The number of nitrogens with one attached hydrogen (secondary N) is 3. The maximum Gasteiger partial charge on any atom is 0.327 e. The van der Waals surface area contributed by atoms with Crippen molar-refractivity contribution in [2.45, 2.75) is 39.2 Å². The topological polar surface area (TPSA) is 114 Å². The Morgan fingerprint density at radius 3 is 2.87 bits per heavy atom. The molecule has 0 amide bonds. The number of hydrogen-bond donors (Lipinski definition) is 4. The quantitative estimate of drug-likeness (QED) is 0.589. The van der Waals surface area contributed by atoms with Gasteiger partial charge in [-0.3, -0.25) is 4.57 Å². The summed E-state index contributed by atoms with van der Waals surface area (Å²) in [7, 11) is 0. The number of nitrogen functional groups attached to an aromatic ring is 1. The third-order valence-corrected chi connectivity index (χ3v) is 4.36. The van der Waals surface area contributed by atoms with E-state index in [1.54, 1.807) is 4.57 Å². The smallest absolute Gasteiger partial charge is 0.327 e. The highest BCUT2D eigenvalue weighted by atomic mass is 16.1. The van der Waals surface area contributed by atoms with Crippen LogP contribution in [0.2, 0.25) is 0 Å². The van der Waals surface area contributed by atoms with Gasteiger partial charge < -0.3 is 21.4 Å². The Kier molecular flexibility index (Phi) is 4.80. The van der Waals surface area contributed by atoms with Crippen molar-refractivity contribution in [3.8, 4) is 0 Å². The van der Waals surface area contributed by atoms with Gasteiger partial charge in [-0.05, 0) is 38.3 Å². The second kappa shape index (κ2) is 6.99. The maximum atomic E-state index is 12.3. The molecule has 1 aliphatic heterocycles. The molecule has 2 aromatic heterocycles. The molecule has 0 radical (unpaired) electrons.